The van der Waals surface area contributed by atoms with Crippen LogP contribution in [0.15, 0.2) is 18.2 Å². The Morgan fingerprint density at radius 3 is 3.11 bits per heavy atom. The highest BCUT2D eigenvalue weighted by Crippen LogP contribution is 2.27. The molecule has 0 unspecified atom stereocenters. The molecule has 0 aromatic heterocycles. The number of amides is 1. The number of aryl methyl sites for hydroxylation is 1. The van der Waals surface area contributed by atoms with Crippen molar-refractivity contribution in [1.29, 1.82) is 5.26 Å². The molecule has 94 valence electrons. The molecule has 1 aliphatic rings. The fourth-order valence-electron chi connectivity index (χ4n) is 2.25. The van der Waals surface area contributed by atoms with E-state index in [4.69, 9.17) is 5.26 Å². The summed E-state index contributed by atoms with van der Waals surface area (Å²) in [7, 11) is 0. The van der Waals surface area contributed by atoms with Gasteiger partial charge in [0.25, 0.3) is 0 Å². The van der Waals surface area contributed by atoms with E-state index in [2.05, 4.69) is 17.5 Å². The van der Waals surface area contributed by atoms with Gasteiger partial charge < -0.3 is 10.2 Å². The largest absolute Gasteiger partial charge is 0.385 e. The van der Waals surface area contributed by atoms with E-state index in [1.165, 1.54) is 12.5 Å². The molecule has 0 fully saturated rings. The van der Waals surface area contributed by atoms with Gasteiger partial charge in [-0.05, 0) is 30.5 Å². The lowest BCUT2D eigenvalue weighted by Gasteiger charge is -2.24. The Morgan fingerprint density at radius 2 is 2.39 bits per heavy atom. The highest BCUT2D eigenvalue weighted by molar-refractivity contribution is 5.92. The third-order valence-corrected chi connectivity index (χ3v) is 3.17. The number of hydrogen-bond donors (Lipinski definition) is 1. The van der Waals surface area contributed by atoms with Crippen LogP contribution >= 0.6 is 0 Å². The summed E-state index contributed by atoms with van der Waals surface area (Å²) < 4.78 is 0. The molecule has 1 heterocycles. The second-order valence-electron chi connectivity index (χ2n) is 4.45. The second-order valence-corrected chi connectivity index (χ2v) is 4.45. The number of nitrogens with one attached hydrogen (secondary N) is 1. The van der Waals surface area contributed by atoms with Crippen LogP contribution in [-0.4, -0.2) is 19.0 Å². The summed E-state index contributed by atoms with van der Waals surface area (Å²) in [6.45, 7) is 2.96. The quantitative estimate of drug-likeness (QED) is 0.886. The van der Waals surface area contributed by atoms with Gasteiger partial charge in [0.05, 0.1) is 12.5 Å². The number of hydrogen-bond acceptors (Lipinski definition) is 3. The van der Waals surface area contributed by atoms with Gasteiger partial charge in [-0.2, -0.15) is 5.26 Å². The lowest BCUT2D eigenvalue weighted by Crippen LogP contribution is -2.29. The first-order valence-electron chi connectivity index (χ1n) is 6.24. The number of nitriles is 1. The van der Waals surface area contributed by atoms with Crippen LogP contribution in [0.3, 0.4) is 0 Å². The highest BCUT2D eigenvalue weighted by Gasteiger charge is 2.14. The second kappa shape index (κ2) is 5.54. The molecule has 0 radical (unpaired) electrons. The maximum atomic E-state index is 11.6. The van der Waals surface area contributed by atoms with Gasteiger partial charge in [-0.15, -0.1) is 0 Å². The Labute approximate surface area is 107 Å². The van der Waals surface area contributed by atoms with Gasteiger partial charge in [0, 0.05) is 31.4 Å². The normalized spacial score (nSPS) is 13.1. The van der Waals surface area contributed by atoms with Crippen molar-refractivity contribution in [2.75, 3.05) is 23.3 Å². The average molecular weight is 243 g/mol. The summed E-state index contributed by atoms with van der Waals surface area (Å²) >= 11 is 0. The van der Waals surface area contributed by atoms with Crippen molar-refractivity contribution >= 4 is 17.3 Å². The zero-order valence-corrected chi connectivity index (χ0v) is 10.6. The van der Waals surface area contributed by atoms with E-state index >= 15 is 0 Å². The molecule has 1 aliphatic heterocycles. The molecule has 0 saturated carbocycles. The van der Waals surface area contributed by atoms with E-state index in [0.29, 0.717) is 13.0 Å². The highest BCUT2D eigenvalue weighted by atomic mass is 16.2. The van der Waals surface area contributed by atoms with Crippen LogP contribution in [0.1, 0.15) is 25.3 Å². The van der Waals surface area contributed by atoms with Crippen molar-refractivity contribution in [2.24, 2.45) is 0 Å². The zero-order chi connectivity index (χ0) is 13.0. The SMILES string of the molecule is CC(=O)N(CCC#N)c1ccc2c(c1)NCCC2. The summed E-state index contributed by atoms with van der Waals surface area (Å²) in [5.74, 6) is -0.0268. The maximum Gasteiger partial charge on any atom is 0.223 e. The van der Waals surface area contributed by atoms with Crippen molar-refractivity contribution in [3.63, 3.8) is 0 Å². The zero-order valence-electron chi connectivity index (χ0n) is 10.6. The summed E-state index contributed by atoms with van der Waals surface area (Å²) in [5, 5.41) is 12.0. The molecule has 0 aliphatic carbocycles. The van der Waals surface area contributed by atoms with Crippen LogP contribution in [0, 0.1) is 11.3 Å². The molecule has 2 rings (SSSR count). The van der Waals surface area contributed by atoms with E-state index < -0.39 is 0 Å². The first-order valence-corrected chi connectivity index (χ1v) is 6.24. The first kappa shape index (κ1) is 12.4. The van der Waals surface area contributed by atoms with Crippen LogP contribution in [0.2, 0.25) is 0 Å². The Balaban J connectivity index is 2.25. The number of fused-ring (bicyclic) bond motifs is 1. The van der Waals surface area contributed by atoms with Crippen LogP contribution in [0.5, 0.6) is 0 Å². The van der Waals surface area contributed by atoms with E-state index in [9.17, 15) is 4.79 Å². The number of rotatable bonds is 3. The minimum absolute atomic E-state index is 0.0268. The van der Waals surface area contributed by atoms with Crippen molar-refractivity contribution in [3.8, 4) is 6.07 Å². The average Bonchev–Trinajstić information content (AvgIpc) is 2.38. The summed E-state index contributed by atoms with van der Waals surface area (Å²) in [6, 6.07) is 8.11. The molecule has 1 N–H and O–H groups in total. The van der Waals surface area contributed by atoms with Crippen molar-refractivity contribution in [3.05, 3.63) is 23.8 Å². The first-order chi connectivity index (χ1) is 8.72. The third-order valence-electron chi connectivity index (χ3n) is 3.17. The smallest absolute Gasteiger partial charge is 0.223 e. The van der Waals surface area contributed by atoms with Gasteiger partial charge in [0.15, 0.2) is 0 Å². The van der Waals surface area contributed by atoms with E-state index in [1.807, 2.05) is 12.1 Å². The van der Waals surface area contributed by atoms with Crippen LogP contribution in [-0.2, 0) is 11.2 Å². The fraction of sp³-hybridized carbons (Fsp3) is 0.429. The molecule has 0 atom stereocenters. The fourth-order valence-corrected chi connectivity index (χ4v) is 2.25. The van der Waals surface area contributed by atoms with Gasteiger partial charge in [-0.3, -0.25) is 4.79 Å². The Morgan fingerprint density at radius 1 is 1.56 bits per heavy atom. The topological polar surface area (TPSA) is 56.1 Å². The molecule has 1 aromatic carbocycles. The van der Waals surface area contributed by atoms with Crippen molar-refractivity contribution in [1.82, 2.24) is 0 Å². The number of carbonyl (C=O) groups excluding carboxylic acids is 1. The Bertz CT molecular complexity index is 490. The van der Waals surface area contributed by atoms with Gasteiger partial charge >= 0.3 is 0 Å². The number of anilines is 2. The lowest BCUT2D eigenvalue weighted by molar-refractivity contribution is -0.116. The Kier molecular flexibility index (Phi) is 3.83. The molecule has 0 bridgehead atoms. The molecule has 0 spiro atoms. The van der Waals surface area contributed by atoms with Crippen LogP contribution in [0.4, 0.5) is 11.4 Å². The maximum absolute atomic E-state index is 11.6. The molecular weight excluding hydrogens is 226 g/mol. The number of carbonyl (C=O) groups is 1. The van der Waals surface area contributed by atoms with Crippen LogP contribution < -0.4 is 10.2 Å². The van der Waals surface area contributed by atoms with Gasteiger partial charge in [-0.1, -0.05) is 6.07 Å². The van der Waals surface area contributed by atoms with Crippen molar-refractivity contribution in [2.45, 2.75) is 26.2 Å². The molecule has 0 saturated heterocycles. The summed E-state index contributed by atoms with van der Waals surface area (Å²) in [5.41, 5.74) is 3.28. The minimum Gasteiger partial charge on any atom is -0.385 e. The molecule has 4 heteroatoms. The standard InChI is InChI=1S/C14H17N3O/c1-11(18)17(9-3-7-15)13-6-5-12-4-2-8-16-14(12)10-13/h5-6,10,16H,2-4,8-9H2,1H3. The molecule has 4 nitrogen and oxygen atoms in total. The predicted molar refractivity (Wildman–Crippen MR) is 71.5 cm³/mol. The van der Waals surface area contributed by atoms with E-state index in [1.54, 1.807) is 4.90 Å². The summed E-state index contributed by atoms with van der Waals surface area (Å²) in [6.07, 6.45) is 2.59. The van der Waals surface area contributed by atoms with Crippen LogP contribution in [0.25, 0.3) is 0 Å². The van der Waals surface area contributed by atoms with E-state index in [-0.39, 0.29) is 5.91 Å². The Hall–Kier alpha value is -2.02. The minimum atomic E-state index is -0.0268. The molecular formula is C14H17N3O. The van der Waals surface area contributed by atoms with Gasteiger partial charge in [-0.25, -0.2) is 0 Å². The molecule has 1 amide bonds. The third kappa shape index (κ3) is 2.62. The molecule has 18 heavy (non-hydrogen) atoms. The summed E-state index contributed by atoms with van der Waals surface area (Å²) in [4.78, 5) is 13.3. The lowest BCUT2D eigenvalue weighted by atomic mass is 10.0. The van der Waals surface area contributed by atoms with Gasteiger partial charge in [0.2, 0.25) is 5.91 Å². The van der Waals surface area contributed by atoms with Crippen molar-refractivity contribution < 1.29 is 4.79 Å². The predicted octanol–water partition coefficient (Wildman–Crippen LogP) is 2.31. The van der Waals surface area contributed by atoms with Gasteiger partial charge in [0.1, 0.15) is 0 Å². The monoisotopic (exact) mass is 243 g/mol. The van der Waals surface area contributed by atoms with E-state index in [0.717, 1.165) is 30.8 Å². The molecule has 1 aromatic rings. The number of nitrogens with zero attached hydrogens (tertiary/aromatic N) is 2. The number of benzene rings is 1.